The number of rotatable bonds is 9. The monoisotopic (exact) mass is 371 g/mol. The second-order valence-electron chi connectivity index (χ2n) is 6.07. The molecule has 2 aromatic rings. The zero-order chi connectivity index (χ0) is 19.8. The van der Waals surface area contributed by atoms with Crippen molar-refractivity contribution in [3.63, 3.8) is 0 Å². The Labute approximate surface area is 159 Å². The number of amides is 1. The van der Waals surface area contributed by atoms with Gasteiger partial charge in [-0.3, -0.25) is 9.59 Å². The Hall–Kier alpha value is -3.02. The summed E-state index contributed by atoms with van der Waals surface area (Å²) in [7, 11) is 3.18. The predicted octanol–water partition coefficient (Wildman–Crippen LogP) is 3.03. The van der Waals surface area contributed by atoms with Gasteiger partial charge in [-0.2, -0.15) is 0 Å². The average Bonchev–Trinajstić information content (AvgIpc) is 2.68. The van der Waals surface area contributed by atoms with E-state index in [1.807, 2.05) is 18.2 Å². The molecule has 0 saturated carbocycles. The Morgan fingerprint density at radius 3 is 2.26 bits per heavy atom. The summed E-state index contributed by atoms with van der Waals surface area (Å²) >= 11 is 0. The fourth-order valence-electron chi connectivity index (χ4n) is 2.54. The van der Waals surface area contributed by atoms with E-state index in [1.165, 1.54) is 6.92 Å². The van der Waals surface area contributed by atoms with E-state index >= 15 is 0 Å². The molecule has 0 heterocycles. The first-order valence-electron chi connectivity index (χ1n) is 8.71. The van der Waals surface area contributed by atoms with Gasteiger partial charge in [-0.15, -0.1) is 0 Å². The molecule has 0 radical (unpaired) electrons. The number of Topliss-reactive ketones (excluding diaryl/α,β-unsaturated/α-hetero) is 1. The molecule has 1 N–H and O–H groups in total. The molecule has 0 aliphatic carbocycles. The Morgan fingerprint density at radius 1 is 1.00 bits per heavy atom. The third-order valence-electron chi connectivity index (χ3n) is 4.10. The number of ether oxygens (including phenoxy) is 3. The number of hydrogen-bond acceptors (Lipinski definition) is 5. The van der Waals surface area contributed by atoms with E-state index in [0.717, 1.165) is 5.56 Å². The highest BCUT2D eigenvalue weighted by atomic mass is 16.5. The van der Waals surface area contributed by atoms with Crippen LogP contribution < -0.4 is 19.5 Å². The SMILES string of the molecule is COc1ccc(CCNC(=O)C(C)Oc2ccc(C(C)=O)cc2)cc1OC. The molecular weight excluding hydrogens is 346 g/mol. The van der Waals surface area contributed by atoms with Crippen molar-refractivity contribution < 1.29 is 23.8 Å². The maximum Gasteiger partial charge on any atom is 0.260 e. The maximum atomic E-state index is 12.2. The van der Waals surface area contributed by atoms with Crippen molar-refractivity contribution in [2.45, 2.75) is 26.4 Å². The summed E-state index contributed by atoms with van der Waals surface area (Å²) in [5.41, 5.74) is 1.63. The zero-order valence-electron chi connectivity index (χ0n) is 16.1. The Morgan fingerprint density at radius 2 is 1.67 bits per heavy atom. The van der Waals surface area contributed by atoms with Crippen LogP contribution in [0.5, 0.6) is 17.2 Å². The van der Waals surface area contributed by atoms with Gasteiger partial charge in [0, 0.05) is 12.1 Å². The number of carbonyl (C=O) groups is 2. The van der Waals surface area contributed by atoms with Gasteiger partial charge in [0.25, 0.3) is 5.91 Å². The second-order valence-corrected chi connectivity index (χ2v) is 6.07. The Balaban J connectivity index is 1.83. The molecule has 0 saturated heterocycles. The van der Waals surface area contributed by atoms with Gasteiger partial charge in [0.1, 0.15) is 5.75 Å². The number of nitrogens with one attached hydrogen (secondary N) is 1. The molecule has 0 aliphatic rings. The van der Waals surface area contributed by atoms with Crippen LogP contribution >= 0.6 is 0 Å². The topological polar surface area (TPSA) is 73.9 Å². The largest absolute Gasteiger partial charge is 0.493 e. The Kier molecular flexibility index (Phi) is 7.23. The van der Waals surface area contributed by atoms with Gasteiger partial charge in [0.15, 0.2) is 23.4 Å². The normalized spacial score (nSPS) is 11.4. The van der Waals surface area contributed by atoms with E-state index in [4.69, 9.17) is 14.2 Å². The molecule has 6 heteroatoms. The van der Waals surface area contributed by atoms with Crippen LogP contribution in [-0.4, -0.2) is 38.6 Å². The molecule has 1 unspecified atom stereocenters. The van der Waals surface area contributed by atoms with E-state index in [9.17, 15) is 9.59 Å². The molecule has 2 aromatic carbocycles. The van der Waals surface area contributed by atoms with Crippen LogP contribution in [0.3, 0.4) is 0 Å². The van der Waals surface area contributed by atoms with Crippen LogP contribution in [0.4, 0.5) is 0 Å². The highest BCUT2D eigenvalue weighted by molar-refractivity contribution is 5.94. The van der Waals surface area contributed by atoms with Gasteiger partial charge in [-0.25, -0.2) is 0 Å². The van der Waals surface area contributed by atoms with Crippen molar-refractivity contribution >= 4 is 11.7 Å². The Bertz CT molecular complexity index is 786. The summed E-state index contributed by atoms with van der Waals surface area (Å²) < 4.78 is 16.1. The first kappa shape index (κ1) is 20.3. The van der Waals surface area contributed by atoms with Gasteiger partial charge < -0.3 is 19.5 Å². The fraction of sp³-hybridized carbons (Fsp3) is 0.333. The average molecular weight is 371 g/mol. The summed E-state index contributed by atoms with van der Waals surface area (Å²) in [4.78, 5) is 23.5. The number of hydrogen-bond donors (Lipinski definition) is 1. The lowest BCUT2D eigenvalue weighted by atomic mass is 10.1. The van der Waals surface area contributed by atoms with Crippen molar-refractivity contribution in [1.82, 2.24) is 5.32 Å². The van der Waals surface area contributed by atoms with E-state index in [1.54, 1.807) is 45.4 Å². The number of carbonyl (C=O) groups excluding carboxylic acids is 2. The molecule has 0 spiro atoms. The van der Waals surface area contributed by atoms with Gasteiger partial charge in [-0.05, 0) is 62.2 Å². The third kappa shape index (κ3) is 5.74. The number of ketones is 1. The highest BCUT2D eigenvalue weighted by Gasteiger charge is 2.14. The van der Waals surface area contributed by atoms with Crippen LogP contribution in [0.1, 0.15) is 29.8 Å². The first-order chi connectivity index (χ1) is 12.9. The van der Waals surface area contributed by atoms with Crippen LogP contribution in [0.25, 0.3) is 0 Å². The second kappa shape index (κ2) is 9.62. The van der Waals surface area contributed by atoms with Crippen LogP contribution in [0.2, 0.25) is 0 Å². The zero-order valence-corrected chi connectivity index (χ0v) is 16.1. The lowest BCUT2D eigenvalue weighted by Gasteiger charge is -2.15. The van der Waals surface area contributed by atoms with E-state index in [2.05, 4.69) is 5.32 Å². The molecular formula is C21H25NO5. The molecule has 0 fully saturated rings. The molecule has 1 amide bonds. The molecule has 27 heavy (non-hydrogen) atoms. The minimum Gasteiger partial charge on any atom is -0.493 e. The van der Waals surface area contributed by atoms with E-state index < -0.39 is 6.10 Å². The lowest BCUT2D eigenvalue weighted by molar-refractivity contribution is -0.127. The van der Waals surface area contributed by atoms with Crippen LogP contribution in [-0.2, 0) is 11.2 Å². The van der Waals surface area contributed by atoms with E-state index in [-0.39, 0.29) is 11.7 Å². The molecule has 144 valence electrons. The molecule has 1 atom stereocenters. The molecule has 0 aromatic heterocycles. The first-order valence-corrected chi connectivity index (χ1v) is 8.71. The summed E-state index contributed by atoms with van der Waals surface area (Å²) in [6, 6.07) is 12.4. The highest BCUT2D eigenvalue weighted by Crippen LogP contribution is 2.27. The van der Waals surface area contributed by atoms with Crippen molar-refractivity contribution in [2.75, 3.05) is 20.8 Å². The summed E-state index contributed by atoms with van der Waals surface area (Å²) in [6.07, 6.45) is 0.0186. The lowest BCUT2D eigenvalue weighted by Crippen LogP contribution is -2.37. The van der Waals surface area contributed by atoms with Gasteiger partial charge in [-0.1, -0.05) is 6.07 Å². The van der Waals surface area contributed by atoms with Crippen molar-refractivity contribution in [3.05, 3.63) is 53.6 Å². The predicted molar refractivity (Wildman–Crippen MR) is 103 cm³/mol. The van der Waals surface area contributed by atoms with Crippen LogP contribution in [0.15, 0.2) is 42.5 Å². The summed E-state index contributed by atoms with van der Waals surface area (Å²) in [6.45, 7) is 3.67. The maximum absolute atomic E-state index is 12.2. The standard InChI is InChI=1S/C21H25NO5/c1-14(23)17-6-8-18(9-7-17)27-15(2)21(24)22-12-11-16-5-10-19(25-3)20(13-16)26-4/h5-10,13,15H,11-12H2,1-4H3,(H,22,24). The van der Waals surface area contributed by atoms with Gasteiger partial charge in [0.2, 0.25) is 0 Å². The molecule has 0 bridgehead atoms. The smallest absolute Gasteiger partial charge is 0.260 e. The van der Waals surface area contributed by atoms with Gasteiger partial charge >= 0.3 is 0 Å². The third-order valence-corrected chi connectivity index (χ3v) is 4.10. The van der Waals surface area contributed by atoms with Crippen molar-refractivity contribution in [1.29, 1.82) is 0 Å². The minimum absolute atomic E-state index is 0.0116. The summed E-state index contributed by atoms with van der Waals surface area (Å²) in [5.74, 6) is 1.66. The summed E-state index contributed by atoms with van der Waals surface area (Å²) in [5, 5.41) is 2.86. The minimum atomic E-state index is -0.640. The molecule has 6 nitrogen and oxygen atoms in total. The quantitative estimate of drug-likeness (QED) is 0.686. The van der Waals surface area contributed by atoms with Crippen molar-refractivity contribution in [3.8, 4) is 17.2 Å². The van der Waals surface area contributed by atoms with E-state index in [0.29, 0.717) is 35.8 Å². The molecule has 0 aliphatic heterocycles. The number of benzene rings is 2. The van der Waals surface area contributed by atoms with Gasteiger partial charge in [0.05, 0.1) is 14.2 Å². The molecule has 2 rings (SSSR count). The fourth-order valence-corrected chi connectivity index (χ4v) is 2.54. The van der Waals surface area contributed by atoms with Crippen molar-refractivity contribution in [2.24, 2.45) is 0 Å². The number of methoxy groups -OCH3 is 2. The van der Waals surface area contributed by atoms with Crippen LogP contribution in [0, 0.1) is 0 Å².